The Labute approximate surface area is 116 Å². The molecule has 106 valence electrons. The van der Waals surface area contributed by atoms with Crippen LogP contribution < -0.4 is 5.32 Å². The van der Waals surface area contributed by atoms with Crippen molar-refractivity contribution in [2.24, 2.45) is 0 Å². The summed E-state index contributed by atoms with van der Waals surface area (Å²) < 4.78 is 5.71. The van der Waals surface area contributed by atoms with Crippen molar-refractivity contribution in [1.82, 2.24) is 10.2 Å². The Morgan fingerprint density at radius 3 is 2.89 bits per heavy atom. The van der Waals surface area contributed by atoms with Gasteiger partial charge in [0, 0.05) is 26.2 Å². The molecule has 0 spiro atoms. The van der Waals surface area contributed by atoms with Crippen LogP contribution in [0.15, 0.2) is 24.3 Å². The third-order valence-corrected chi connectivity index (χ3v) is 3.69. The van der Waals surface area contributed by atoms with Gasteiger partial charge in [-0.1, -0.05) is 24.3 Å². The van der Waals surface area contributed by atoms with Crippen molar-refractivity contribution in [1.29, 1.82) is 0 Å². The molecule has 1 aromatic carbocycles. The van der Waals surface area contributed by atoms with Crippen LogP contribution >= 0.6 is 0 Å². The summed E-state index contributed by atoms with van der Waals surface area (Å²) in [7, 11) is 2.01. The van der Waals surface area contributed by atoms with Crippen LogP contribution in [0.4, 0.5) is 0 Å². The van der Waals surface area contributed by atoms with Gasteiger partial charge in [0.2, 0.25) is 0 Å². The fraction of sp³-hybridized carbons (Fsp3) is 0.625. The van der Waals surface area contributed by atoms with Gasteiger partial charge >= 0.3 is 0 Å². The van der Waals surface area contributed by atoms with E-state index in [9.17, 15) is 0 Å². The van der Waals surface area contributed by atoms with E-state index in [1.165, 1.54) is 11.1 Å². The fourth-order valence-electron chi connectivity index (χ4n) is 2.68. The van der Waals surface area contributed by atoms with Crippen LogP contribution in [0.25, 0.3) is 0 Å². The van der Waals surface area contributed by atoms with Gasteiger partial charge in [-0.15, -0.1) is 0 Å². The lowest BCUT2D eigenvalue weighted by molar-refractivity contribution is 0.0667. The topological polar surface area (TPSA) is 24.5 Å². The van der Waals surface area contributed by atoms with Crippen molar-refractivity contribution >= 4 is 0 Å². The lowest BCUT2D eigenvalue weighted by Crippen LogP contribution is -2.30. The summed E-state index contributed by atoms with van der Waals surface area (Å²) in [4.78, 5) is 2.52. The predicted molar refractivity (Wildman–Crippen MR) is 79.4 cm³/mol. The Hall–Kier alpha value is -0.900. The van der Waals surface area contributed by atoms with Gasteiger partial charge < -0.3 is 10.1 Å². The van der Waals surface area contributed by atoms with Gasteiger partial charge in [-0.2, -0.15) is 0 Å². The number of likely N-dealkylation sites (N-methyl/N-ethyl adjacent to an activating group) is 1. The highest BCUT2D eigenvalue weighted by Crippen LogP contribution is 2.15. The monoisotopic (exact) mass is 262 g/mol. The standard InChI is InChI=1S/C16H26N2O/c1-14-12-18(10-5-11-19-14)13-16-7-4-3-6-15(16)8-9-17-2/h3-4,6-7,14,17H,5,8-13H2,1-2H3. The molecule has 1 N–H and O–H groups in total. The van der Waals surface area contributed by atoms with E-state index in [0.29, 0.717) is 6.10 Å². The Kier molecular flexibility index (Phi) is 5.83. The molecule has 2 rings (SSSR count). The zero-order valence-electron chi connectivity index (χ0n) is 12.2. The maximum absolute atomic E-state index is 5.71. The number of benzene rings is 1. The molecule has 1 heterocycles. The molecule has 1 aliphatic rings. The van der Waals surface area contributed by atoms with E-state index in [1.54, 1.807) is 0 Å². The van der Waals surface area contributed by atoms with Gasteiger partial charge in [0.1, 0.15) is 0 Å². The van der Waals surface area contributed by atoms with Gasteiger partial charge in [0.25, 0.3) is 0 Å². The van der Waals surface area contributed by atoms with Crippen molar-refractivity contribution in [2.75, 3.05) is 33.3 Å². The molecule has 0 bridgehead atoms. The maximum Gasteiger partial charge on any atom is 0.0674 e. The predicted octanol–water partition coefficient (Wildman–Crippen LogP) is 2.06. The Morgan fingerprint density at radius 1 is 1.32 bits per heavy atom. The summed E-state index contributed by atoms with van der Waals surface area (Å²) in [6, 6.07) is 8.81. The Bertz CT molecular complexity index is 381. The largest absolute Gasteiger partial charge is 0.377 e. The second kappa shape index (κ2) is 7.63. The highest BCUT2D eigenvalue weighted by molar-refractivity contribution is 5.27. The molecule has 0 aliphatic carbocycles. The van der Waals surface area contributed by atoms with E-state index in [0.717, 1.165) is 45.6 Å². The molecule has 3 heteroatoms. The lowest BCUT2D eigenvalue weighted by Gasteiger charge is -2.23. The molecule has 3 nitrogen and oxygen atoms in total. The second-order valence-electron chi connectivity index (χ2n) is 5.39. The second-order valence-corrected chi connectivity index (χ2v) is 5.39. The molecule has 19 heavy (non-hydrogen) atoms. The molecule has 1 aromatic rings. The van der Waals surface area contributed by atoms with Crippen molar-refractivity contribution in [3.63, 3.8) is 0 Å². The zero-order chi connectivity index (χ0) is 13.5. The molecular weight excluding hydrogens is 236 g/mol. The van der Waals surface area contributed by atoms with Crippen molar-refractivity contribution in [2.45, 2.75) is 32.4 Å². The zero-order valence-corrected chi connectivity index (χ0v) is 12.2. The molecule has 1 fully saturated rings. The number of hydrogen-bond acceptors (Lipinski definition) is 3. The van der Waals surface area contributed by atoms with E-state index in [2.05, 4.69) is 41.4 Å². The van der Waals surface area contributed by atoms with Crippen LogP contribution in [-0.4, -0.2) is 44.3 Å². The number of nitrogens with zero attached hydrogens (tertiary/aromatic N) is 1. The SMILES string of the molecule is CNCCc1ccccc1CN1CCCOC(C)C1. The molecule has 1 unspecified atom stereocenters. The summed E-state index contributed by atoms with van der Waals surface area (Å²) in [6.07, 6.45) is 2.60. The van der Waals surface area contributed by atoms with E-state index in [1.807, 2.05) is 7.05 Å². The van der Waals surface area contributed by atoms with Gasteiger partial charge in [-0.05, 0) is 44.5 Å². The van der Waals surface area contributed by atoms with Gasteiger partial charge in [0.05, 0.1) is 6.10 Å². The first-order valence-corrected chi connectivity index (χ1v) is 7.35. The number of hydrogen-bond donors (Lipinski definition) is 1. The average molecular weight is 262 g/mol. The van der Waals surface area contributed by atoms with Crippen molar-refractivity contribution < 1.29 is 4.74 Å². The first-order chi connectivity index (χ1) is 9.29. The Balaban J connectivity index is 2.00. The van der Waals surface area contributed by atoms with Gasteiger partial charge in [0.15, 0.2) is 0 Å². The smallest absolute Gasteiger partial charge is 0.0674 e. The molecule has 1 saturated heterocycles. The minimum atomic E-state index is 0.354. The van der Waals surface area contributed by atoms with Crippen LogP contribution in [0.1, 0.15) is 24.5 Å². The van der Waals surface area contributed by atoms with E-state index in [-0.39, 0.29) is 0 Å². The summed E-state index contributed by atoms with van der Waals surface area (Å²) in [5.41, 5.74) is 2.93. The lowest BCUT2D eigenvalue weighted by atomic mass is 10.0. The summed E-state index contributed by atoms with van der Waals surface area (Å²) in [6.45, 7) is 7.35. The molecule has 0 aromatic heterocycles. The summed E-state index contributed by atoms with van der Waals surface area (Å²) in [5.74, 6) is 0. The van der Waals surface area contributed by atoms with Crippen LogP contribution in [0.5, 0.6) is 0 Å². The van der Waals surface area contributed by atoms with Crippen molar-refractivity contribution in [3.8, 4) is 0 Å². The van der Waals surface area contributed by atoms with E-state index >= 15 is 0 Å². The van der Waals surface area contributed by atoms with Crippen LogP contribution in [0.3, 0.4) is 0 Å². The molecule has 1 atom stereocenters. The molecule has 0 radical (unpaired) electrons. The van der Waals surface area contributed by atoms with Crippen LogP contribution in [0.2, 0.25) is 0 Å². The van der Waals surface area contributed by atoms with Gasteiger partial charge in [-0.3, -0.25) is 4.90 Å². The quantitative estimate of drug-likeness (QED) is 0.879. The minimum absolute atomic E-state index is 0.354. The molecular formula is C16H26N2O. The minimum Gasteiger partial charge on any atom is -0.377 e. The number of ether oxygens (including phenoxy) is 1. The third kappa shape index (κ3) is 4.60. The average Bonchev–Trinajstić information content (AvgIpc) is 2.62. The molecule has 0 saturated carbocycles. The van der Waals surface area contributed by atoms with Crippen molar-refractivity contribution in [3.05, 3.63) is 35.4 Å². The Morgan fingerprint density at radius 2 is 2.11 bits per heavy atom. The molecule has 1 aliphatic heterocycles. The third-order valence-electron chi connectivity index (χ3n) is 3.69. The number of nitrogens with one attached hydrogen (secondary N) is 1. The van der Waals surface area contributed by atoms with Gasteiger partial charge in [-0.25, -0.2) is 0 Å². The normalized spacial score (nSPS) is 21.3. The van der Waals surface area contributed by atoms with Crippen LogP contribution in [-0.2, 0) is 17.7 Å². The first-order valence-electron chi connectivity index (χ1n) is 7.35. The highest BCUT2D eigenvalue weighted by atomic mass is 16.5. The van der Waals surface area contributed by atoms with Crippen LogP contribution in [0, 0.1) is 0 Å². The highest BCUT2D eigenvalue weighted by Gasteiger charge is 2.15. The summed E-state index contributed by atoms with van der Waals surface area (Å²) >= 11 is 0. The maximum atomic E-state index is 5.71. The number of rotatable bonds is 5. The van der Waals surface area contributed by atoms with E-state index in [4.69, 9.17) is 4.74 Å². The summed E-state index contributed by atoms with van der Waals surface area (Å²) in [5, 5.41) is 3.23. The van der Waals surface area contributed by atoms with E-state index < -0.39 is 0 Å². The first kappa shape index (κ1) is 14.5. The fourth-order valence-corrected chi connectivity index (χ4v) is 2.68. The molecule has 0 amide bonds.